The molecule has 3 nitrogen and oxygen atoms in total. The molecule has 3 rings (SSSR count). The molecule has 0 amide bonds. The fraction of sp³-hybridized carbons (Fsp3) is 0.409. The maximum Gasteiger partial charge on any atom is 0.322 e. The Morgan fingerprint density at radius 2 is 1.81 bits per heavy atom. The molecule has 0 radical (unpaired) electrons. The van der Waals surface area contributed by atoms with E-state index in [0.29, 0.717) is 0 Å². The number of ether oxygens (including phenoxy) is 1. The number of carbonyl (C=O) groups excluding carboxylic acids is 1. The molecule has 2 aromatic rings. The van der Waals surface area contributed by atoms with Crippen LogP contribution in [-0.2, 0) is 14.3 Å². The first kappa shape index (κ1) is 21.8. The average Bonchev–Trinajstić information content (AvgIpc) is 3.14. The van der Waals surface area contributed by atoms with E-state index in [1.54, 1.807) is 0 Å². The standard InChI is InChI=1S/C22H27NO2S.ClH/c1-3-4-14-26-22(15-20(23-16-22)21(24)25-2)19-12-10-18(11-13-19)17-8-6-5-7-9-17;/h5-13,20,23H,3-4,14-16H2,1-2H3;1H/t20-,22-;/m0./s1. The Bertz CT molecular complexity index is 723. The highest BCUT2D eigenvalue weighted by Gasteiger charge is 2.43. The minimum Gasteiger partial charge on any atom is -0.468 e. The van der Waals surface area contributed by atoms with Gasteiger partial charge in [0.1, 0.15) is 6.04 Å². The Labute approximate surface area is 172 Å². The lowest BCUT2D eigenvalue weighted by Gasteiger charge is -2.29. The van der Waals surface area contributed by atoms with Crippen LogP contribution in [0, 0.1) is 0 Å². The molecule has 0 aromatic heterocycles. The van der Waals surface area contributed by atoms with Gasteiger partial charge in [-0.05, 0) is 35.3 Å². The van der Waals surface area contributed by atoms with Crippen LogP contribution in [0.2, 0.25) is 0 Å². The van der Waals surface area contributed by atoms with Gasteiger partial charge in [0.05, 0.1) is 11.9 Å². The van der Waals surface area contributed by atoms with Gasteiger partial charge in [0.15, 0.2) is 0 Å². The molecule has 0 bridgehead atoms. The lowest BCUT2D eigenvalue weighted by molar-refractivity contribution is -0.142. The van der Waals surface area contributed by atoms with Crippen LogP contribution >= 0.6 is 24.2 Å². The van der Waals surface area contributed by atoms with Gasteiger partial charge in [-0.2, -0.15) is 0 Å². The SMILES string of the molecule is CCCCS[C@]1(c2ccc(-c3ccccc3)cc2)CN[C@H](C(=O)OC)C1.Cl. The number of hydrogen-bond acceptors (Lipinski definition) is 4. The van der Waals surface area contributed by atoms with Gasteiger partial charge in [-0.15, -0.1) is 24.2 Å². The zero-order chi connectivity index (χ0) is 18.4. The zero-order valence-corrected chi connectivity index (χ0v) is 17.6. The van der Waals surface area contributed by atoms with E-state index in [1.165, 1.54) is 36.6 Å². The summed E-state index contributed by atoms with van der Waals surface area (Å²) in [7, 11) is 1.46. The van der Waals surface area contributed by atoms with E-state index in [0.717, 1.165) is 18.7 Å². The lowest BCUT2D eigenvalue weighted by atomic mass is 9.93. The van der Waals surface area contributed by atoms with Crippen molar-refractivity contribution in [2.75, 3.05) is 19.4 Å². The molecule has 146 valence electrons. The Morgan fingerprint density at radius 3 is 2.44 bits per heavy atom. The lowest BCUT2D eigenvalue weighted by Crippen LogP contribution is -2.31. The third-order valence-electron chi connectivity index (χ3n) is 5.05. The van der Waals surface area contributed by atoms with Gasteiger partial charge < -0.3 is 10.1 Å². The number of unbranched alkanes of at least 4 members (excludes halogenated alkanes) is 1. The predicted octanol–water partition coefficient (Wildman–Crippen LogP) is 5.04. The van der Waals surface area contributed by atoms with Crippen molar-refractivity contribution in [2.24, 2.45) is 0 Å². The molecule has 1 N–H and O–H groups in total. The van der Waals surface area contributed by atoms with Crippen molar-refractivity contribution >= 4 is 30.1 Å². The average molecular weight is 406 g/mol. The second kappa shape index (κ2) is 10.2. The molecule has 0 spiro atoms. The van der Waals surface area contributed by atoms with Gasteiger partial charge >= 0.3 is 5.97 Å². The van der Waals surface area contributed by atoms with Gasteiger partial charge in [0, 0.05) is 6.54 Å². The minimum atomic E-state index is -0.220. The third-order valence-corrected chi connectivity index (χ3v) is 6.64. The van der Waals surface area contributed by atoms with E-state index >= 15 is 0 Å². The van der Waals surface area contributed by atoms with E-state index in [1.807, 2.05) is 17.8 Å². The molecular weight excluding hydrogens is 378 g/mol. The second-order valence-corrected chi connectivity index (χ2v) is 8.28. The monoisotopic (exact) mass is 405 g/mol. The maximum absolute atomic E-state index is 12.0. The first-order valence-corrected chi connectivity index (χ1v) is 10.3. The molecule has 1 fully saturated rings. The number of nitrogens with one attached hydrogen (secondary N) is 1. The van der Waals surface area contributed by atoms with E-state index in [9.17, 15) is 4.79 Å². The van der Waals surface area contributed by atoms with Crippen LogP contribution in [0.25, 0.3) is 11.1 Å². The van der Waals surface area contributed by atoms with Crippen LogP contribution < -0.4 is 5.32 Å². The van der Waals surface area contributed by atoms with Crippen LogP contribution in [0.15, 0.2) is 54.6 Å². The summed E-state index contributed by atoms with van der Waals surface area (Å²) in [5.74, 6) is 0.941. The molecule has 0 aliphatic carbocycles. The molecule has 27 heavy (non-hydrogen) atoms. The predicted molar refractivity (Wildman–Crippen MR) is 117 cm³/mol. The molecule has 1 heterocycles. The van der Waals surface area contributed by atoms with Crippen LogP contribution in [-0.4, -0.2) is 31.4 Å². The van der Waals surface area contributed by atoms with Crippen molar-refractivity contribution in [1.82, 2.24) is 5.32 Å². The number of rotatable bonds is 7. The fourth-order valence-electron chi connectivity index (χ4n) is 3.49. The number of hydrogen-bond donors (Lipinski definition) is 1. The van der Waals surface area contributed by atoms with Gasteiger partial charge in [0.2, 0.25) is 0 Å². The van der Waals surface area contributed by atoms with Crippen molar-refractivity contribution in [3.8, 4) is 11.1 Å². The molecular formula is C22H28ClNO2S. The van der Waals surface area contributed by atoms with E-state index in [2.05, 4.69) is 60.8 Å². The first-order chi connectivity index (χ1) is 12.7. The zero-order valence-electron chi connectivity index (χ0n) is 15.9. The number of benzene rings is 2. The molecule has 0 saturated carbocycles. The van der Waals surface area contributed by atoms with Crippen LogP contribution in [0.3, 0.4) is 0 Å². The summed E-state index contributed by atoms with van der Waals surface area (Å²) in [6, 6.07) is 19.0. The Kier molecular flexibility index (Phi) is 8.21. The summed E-state index contributed by atoms with van der Waals surface area (Å²) < 4.78 is 4.89. The number of methoxy groups -OCH3 is 1. The van der Waals surface area contributed by atoms with E-state index in [4.69, 9.17) is 4.74 Å². The van der Waals surface area contributed by atoms with Crippen molar-refractivity contribution < 1.29 is 9.53 Å². The summed E-state index contributed by atoms with van der Waals surface area (Å²) in [6.07, 6.45) is 3.15. The summed E-state index contributed by atoms with van der Waals surface area (Å²) in [5, 5.41) is 3.37. The second-order valence-electron chi connectivity index (χ2n) is 6.80. The maximum atomic E-state index is 12.0. The molecule has 1 aliphatic heterocycles. The summed E-state index contributed by atoms with van der Waals surface area (Å²) in [4.78, 5) is 12.0. The van der Waals surface area contributed by atoms with Crippen LogP contribution in [0.5, 0.6) is 0 Å². The molecule has 0 unspecified atom stereocenters. The summed E-state index contributed by atoms with van der Waals surface area (Å²) in [5.41, 5.74) is 3.74. The number of thioether (sulfide) groups is 1. The number of carbonyl (C=O) groups is 1. The van der Waals surface area contributed by atoms with Gasteiger partial charge in [-0.25, -0.2) is 0 Å². The third kappa shape index (κ3) is 5.07. The molecule has 2 atom stereocenters. The van der Waals surface area contributed by atoms with E-state index < -0.39 is 0 Å². The quantitative estimate of drug-likeness (QED) is 0.517. The highest BCUT2D eigenvalue weighted by atomic mass is 35.5. The topological polar surface area (TPSA) is 38.3 Å². The molecule has 1 saturated heterocycles. The van der Waals surface area contributed by atoms with E-state index in [-0.39, 0.29) is 29.2 Å². The van der Waals surface area contributed by atoms with Crippen molar-refractivity contribution in [3.05, 3.63) is 60.2 Å². The molecule has 1 aliphatic rings. The van der Waals surface area contributed by atoms with Gasteiger partial charge in [0.25, 0.3) is 0 Å². The number of halogens is 1. The summed E-state index contributed by atoms with van der Waals surface area (Å²) in [6.45, 7) is 3.01. The van der Waals surface area contributed by atoms with Gasteiger partial charge in [-0.1, -0.05) is 67.9 Å². The highest BCUT2D eigenvalue weighted by Crippen LogP contribution is 2.44. The number of esters is 1. The summed E-state index contributed by atoms with van der Waals surface area (Å²) >= 11 is 1.97. The van der Waals surface area contributed by atoms with Crippen molar-refractivity contribution in [3.63, 3.8) is 0 Å². The van der Waals surface area contributed by atoms with Crippen molar-refractivity contribution in [2.45, 2.75) is 37.0 Å². The fourth-order valence-corrected chi connectivity index (χ4v) is 5.09. The smallest absolute Gasteiger partial charge is 0.322 e. The highest BCUT2D eigenvalue weighted by molar-refractivity contribution is 8.00. The van der Waals surface area contributed by atoms with Crippen LogP contribution in [0.1, 0.15) is 31.7 Å². The Morgan fingerprint density at radius 1 is 1.15 bits per heavy atom. The first-order valence-electron chi connectivity index (χ1n) is 9.29. The van der Waals surface area contributed by atoms with Crippen molar-refractivity contribution in [1.29, 1.82) is 0 Å². The minimum absolute atomic E-state index is 0. The largest absolute Gasteiger partial charge is 0.468 e. The van der Waals surface area contributed by atoms with Gasteiger partial charge in [-0.3, -0.25) is 4.79 Å². The Hall–Kier alpha value is -1.49. The normalized spacial score (nSPS) is 21.5. The molecule has 2 aromatic carbocycles. The Balaban J connectivity index is 0.00000261. The van der Waals surface area contributed by atoms with Crippen LogP contribution in [0.4, 0.5) is 0 Å². The molecule has 5 heteroatoms.